The van der Waals surface area contributed by atoms with Crippen LogP contribution in [0.2, 0.25) is 0 Å². The summed E-state index contributed by atoms with van der Waals surface area (Å²) in [4.78, 5) is 1.67. The first kappa shape index (κ1) is 15.1. The van der Waals surface area contributed by atoms with Crippen molar-refractivity contribution in [3.05, 3.63) is 29.6 Å². The predicted molar refractivity (Wildman–Crippen MR) is 70.3 cm³/mol. The third kappa shape index (κ3) is 3.62. The minimum absolute atomic E-state index is 0.199. The number of benzene rings is 1. The van der Waals surface area contributed by atoms with E-state index in [-0.39, 0.29) is 11.7 Å². The summed E-state index contributed by atoms with van der Waals surface area (Å²) < 4.78 is 51.3. The van der Waals surface area contributed by atoms with Crippen molar-refractivity contribution < 1.29 is 17.6 Å². The normalized spacial score (nSPS) is 19.9. The van der Waals surface area contributed by atoms with Crippen molar-refractivity contribution in [3.8, 4) is 0 Å². The van der Waals surface area contributed by atoms with E-state index in [1.165, 1.54) is 6.07 Å². The van der Waals surface area contributed by atoms with Crippen LogP contribution in [0.4, 0.5) is 23.2 Å². The van der Waals surface area contributed by atoms with Crippen molar-refractivity contribution in [1.82, 2.24) is 5.32 Å². The molecule has 1 saturated heterocycles. The number of alkyl halides is 3. The van der Waals surface area contributed by atoms with E-state index in [1.807, 2.05) is 0 Å². The smallest absolute Gasteiger partial charge is 0.371 e. The molecule has 1 atom stereocenters. The van der Waals surface area contributed by atoms with Gasteiger partial charge in [0.15, 0.2) is 0 Å². The molecular weight excluding hydrogens is 272 g/mol. The first-order valence-corrected chi connectivity index (χ1v) is 6.69. The Kier molecular flexibility index (Phi) is 4.52. The maximum Gasteiger partial charge on any atom is 0.416 e. The second-order valence-corrected chi connectivity index (χ2v) is 5.19. The maximum absolute atomic E-state index is 13.8. The van der Waals surface area contributed by atoms with E-state index in [0.717, 1.165) is 31.9 Å². The molecule has 2 nitrogen and oxygen atoms in total. The molecule has 6 heteroatoms. The number of rotatable bonds is 3. The number of nitrogens with one attached hydrogen (secondary N) is 1. The summed E-state index contributed by atoms with van der Waals surface area (Å²) in [6, 6.07) is 2.93. The molecule has 0 amide bonds. The number of likely N-dealkylation sites (N-methyl/N-ethyl adjacent to an activating group) is 1. The molecule has 1 unspecified atom stereocenters. The van der Waals surface area contributed by atoms with E-state index in [2.05, 4.69) is 5.32 Å². The first-order chi connectivity index (χ1) is 9.38. The van der Waals surface area contributed by atoms with E-state index in [0.29, 0.717) is 12.6 Å². The average molecular weight is 290 g/mol. The van der Waals surface area contributed by atoms with E-state index in [4.69, 9.17) is 0 Å². The summed E-state index contributed by atoms with van der Waals surface area (Å²) >= 11 is 0. The lowest BCUT2D eigenvalue weighted by Crippen LogP contribution is -2.42. The molecule has 0 bridgehead atoms. The molecule has 0 spiro atoms. The van der Waals surface area contributed by atoms with Crippen molar-refractivity contribution in [2.75, 3.05) is 25.0 Å². The van der Waals surface area contributed by atoms with E-state index in [1.54, 1.807) is 11.9 Å². The largest absolute Gasteiger partial charge is 0.416 e. The monoisotopic (exact) mass is 290 g/mol. The van der Waals surface area contributed by atoms with Crippen molar-refractivity contribution in [2.24, 2.45) is 0 Å². The van der Waals surface area contributed by atoms with Crippen LogP contribution in [0.1, 0.15) is 24.8 Å². The average Bonchev–Trinajstić information content (AvgIpc) is 2.38. The first-order valence-electron chi connectivity index (χ1n) is 6.69. The highest BCUT2D eigenvalue weighted by Gasteiger charge is 2.31. The second-order valence-electron chi connectivity index (χ2n) is 5.19. The van der Waals surface area contributed by atoms with E-state index < -0.39 is 17.6 Å². The Labute approximate surface area is 115 Å². The van der Waals surface area contributed by atoms with Crippen LogP contribution in [-0.4, -0.2) is 26.2 Å². The lowest BCUT2D eigenvalue weighted by molar-refractivity contribution is -0.137. The Morgan fingerprint density at radius 2 is 2.05 bits per heavy atom. The lowest BCUT2D eigenvalue weighted by Gasteiger charge is -2.29. The van der Waals surface area contributed by atoms with Crippen molar-refractivity contribution in [1.29, 1.82) is 0 Å². The Morgan fingerprint density at radius 1 is 1.30 bits per heavy atom. The highest BCUT2D eigenvalue weighted by Crippen LogP contribution is 2.32. The fourth-order valence-corrected chi connectivity index (χ4v) is 2.50. The van der Waals surface area contributed by atoms with Gasteiger partial charge in [-0.2, -0.15) is 13.2 Å². The van der Waals surface area contributed by atoms with Crippen LogP contribution in [0.5, 0.6) is 0 Å². The minimum atomic E-state index is -4.51. The molecule has 1 aliphatic rings. The maximum atomic E-state index is 13.8. The zero-order valence-corrected chi connectivity index (χ0v) is 11.3. The van der Waals surface area contributed by atoms with Crippen LogP contribution < -0.4 is 10.2 Å². The molecule has 1 aromatic carbocycles. The Morgan fingerprint density at radius 3 is 2.60 bits per heavy atom. The number of anilines is 1. The number of piperidine rings is 1. The van der Waals surface area contributed by atoms with Gasteiger partial charge in [-0.15, -0.1) is 0 Å². The van der Waals surface area contributed by atoms with Gasteiger partial charge in [0.1, 0.15) is 5.82 Å². The summed E-state index contributed by atoms with van der Waals surface area (Å²) in [5.41, 5.74) is -0.756. The zero-order chi connectivity index (χ0) is 14.8. The fourth-order valence-electron chi connectivity index (χ4n) is 2.50. The predicted octanol–water partition coefficient (Wildman–Crippen LogP) is 3.42. The molecule has 2 rings (SSSR count). The van der Waals surface area contributed by atoms with Crippen LogP contribution in [0, 0.1) is 5.82 Å². The number of hydrogen-bond acceptors (Lipinski definition) is 2. The van der Waals surface area contributed by atoms with E-state index in [9.17, 15) is 17.6 Å². The Bertz CT molecular complexity index is 453. The minimum Gasteiger partial charge on any atom is -0.371 e. The second kappa shape index (κ2) is 5.99. The van der Waals surface area contributed by atoms with Crippen LogP contribution in [-0.2, 0) is 6.18 Å². The third-order valence-corrected chi connectivity index (χ3v) is 3.59. The highest BCUT2D eigenvalue weighted by atomic mass is 19.4. The van der Waals surface area contributed by atoms with Crippen LogP contribution >= 0.6 is 0 Å². The van der Waals surface area contributed by atoms with Gasteiger partial charge in [-0.3, -0.25) is 0 Å². The zero-order valence-electron chi connectivity index (χ0n) is 11.3. The van der Waals surface area contributed by atoms with Gasteiger partial charge in [0, 0.05) is 19.6 Å². The molecule has 1 aromatic rings. The standard InChI is InChI=1S/C14H18F4N2/c1-20(9-11-4-2-3-7-19-11)13-6-5-10(8-12(13)15)14(16,17)18/h5-6,8,11,19H,2-4,7,9H2,1H3. The topological polar surface area (TPSA) is 15.3 Å². The van der Waals surface area contributed by atoms with Gasteiger partial charge in [-0.1, -0.05) is 6.42 Å². The molecular formula is C14H18F4N2. The lowest BCUT2D eigenvalue weighted by atomic mass is 10.0. The SMILES string of the molecule is CN(CC1CCCCN1)c1ccc(C(F)(F)F)cc1F. The quantitative estimate of drug-likeness (QED) is 0.858. The van der Waals surface area contributed by atoms with Gasteiger partial charge in [-0.25, -0.2) is 4.39 Å². The molecule has 1 heterocycles. The summed E-state index contributed by atoms with van der Waals surface area (Å²) in [5.74, 6) is -0.835. The molecule has 0 saturated carbocycles. The molecule has 112 valence electrons. The Hall–Kier alpha value is -1.30. The van der Waals surface area contributed by atoms with Gasteiger partial charge >= 0.3 is 6.18 Å². The van der Waals surface area contributed by atoms with Gasteiger partial charge in [0.2, 0.25) is 0 Å². The fraction of sp³-hybridized carbons (Fsp3) is 0.571. The molecule has 0 aromatic heterocycles. The molecule has 1 N–H and O–H groups in total. The van der Waals surface area contributed by atoms with Crippen molar-refractivity contribution in [2.45, 2.75) is 31.5 Å². The van der Waals surface area contributed by atoms with Crippen LogP contribution in [0.15, 0.2) is 18.2 Å². The molecule has 1 aliphatic heterocycles. The molecule has 1 fully saturated rings. The van der Waals surface area contributed by atoms with Crippen LogP contribution in [0.25, 0.3) is 0 Å². The summed E-state index contributed by atoms with van der Waals surface area (Å²) in [6.45, 7) is 1.52. The Balaban J connectivity index is 2.07. The summed E-state index contributed by atoms with van der Waals surface area (Å²) in [6.07, 6.45) is -1.24. The number of nitrogens with zero attached hydrogens (tertiary/aromatic N) is 1. The highest BCUT2D eigenvalue weighted by molar-refractivity contribution is 5.49. The molecule has 0 aliphatic carbocycles. The molecule has 0 radical (unpaired) electrons. The number of halogens is 4. The summed E-state index contributed by atoms with van der Waals surface area (Å²) in [5, 5.41) is 3.33. The van der Waals surface area contributed by atoms with Gasteiger partial charge in [0.25, 0.3) is 0 Å². The summed E-state index contributed by atoms with van der Waals surface area (Å²) in [7, 11) is 1.70. The van der Waals surface area contributed by atoms with Gasteiger partial charge in [0.05, 0.1) is 11.3 Å². The van der Waals surface area contributed by atoms with Crippen molar-refractivity contribution in [3.63, 3.8) is 0 Å². The number of hydrogen-bond donors (Lipinski definition) is 1. The molecule has 20 heavy (non-hydrogen) atoms. The van der Waals surface area contributed by atoms with Gasteiger partial charge < -0.3 is 10.2 Å². The van der Waals surface area contributed by atoms with Crippen LogP contribution in [0.3, 0.4) is 0 Å². The third-order valence-electron chi connectivity index (χ3n) is 3.59. The van der Waals surface area contributed by atoms with Gasteiger partial charge in [-0.05, 0) is 37.6 Å². The van der Waals surface area contributed by atoms with E-state index >= 15 is 0 Å². The van der Waals surface area contributed by atoms with Crippen molar-refractivity contribution >= 4 is 5.69 Å².